The third-order valence-corrected chi connectivity index (χ3v) is 4.88. The summed E-state index contributed by atoms with van der Waals surface area (Å²) in [6.45, 7) is 5.75. The van der Waals surface area contributed by atoms with Gasteiger partial charge >= 0.3 is 0 Å². The topological polar surface area (TPSA) is 42.0 Å². The monoisotopic (exact) mass is 354 g/mol. The second-order valence-electron chi connectivity index (χ2n) is 6.05. The van der Waals surface area contributed by atoms with Crippen LogP contribution in [-0.4, -0.2) is 10.9 Å². The van der Waals surface area contributed by atoms with E-state index in [0.29, 0.717) is 11.3 Å². The molecule has 3 aromatic rings. The lowest BCUT2D eigenvalue weighted by atomic mass is 10.1. The van der Waals surface area contributed by atoms with Gasteiger partial charge in [-0.05, 0) is 44.5 Å². The largest absolute Gasteiger partial charge is 0.326 e. The Morgan fingerprint density at radius 3 is 2.52 bits per heavy atom. The molecule has 1 amide bonds. The molecular formula is C20H19FN2OS. The van der Waals surface area contributed by atoms with Crippen molar-refractivity contribution in [1.29, 1.82) is 0 Å². The van der Waals surface area contributed by atoms with E-state index in [1.165, 1.54) is 29.0 Å². The maximum atomic E-state index is 13.2. The molecule has 0 fully saturated rings. The highest BCUT2D eigenvalue weighted by molar-refractivity contribution is 7.12. The normalized spacial score (nSPS) is 10.7. The molecule has 0 radical (unpaired) electrons. The number of aromatic nitrogens is 1. The first-order valence-corrected chi connectivity index (χ1v) is 8.83. The Morgan fingerprint density at radius 2 is 1.84 bits per heavy atom. The second-order valence-corrected chi connectivity index (χ2v) is 7.34. The van der Waals surface area contributed by atoms with Gasteiger partial charge in [0.2, 0.25) is 5.91 Å². The van der Waals surface area contributed by atoms with Crippen molar-refractivity contribution in [2.45, 2.75) is 27.2 Å². The second kappa shape index (κ2) is 7.15. The Balaban J connectivity index is 1.81. The Morgan fingerprint density at radius 1 is 1.12 bits per heavy atom. The number of hydrogen-bond acceptors (Lipinski definition) is 3. The number of thiazole rings is 1. The molecule has 3 rings (SSSR count). The fourth-order valence-corrected chi connectivity index (χ4v) is 3.59. The van der Waals surface area contributed by atoms with E-state index in [0.717, 1.165) is 21.1 Å². The number of halogens is 1. The molecule has 0 saturated heterocycles. The molecule has 0 spiro atoms. The van der Waals surface area contributed by atoms with Crippen molar-refractivity contribution in [2.24, 2.45) is 0 Å². The van der Waals surface area contributed by atoms with Gasteiger partial charge in [-0.3, -0.25) is 4.79 Å². The van der Waals surface area contributed by atoms with Crippen molar-refractivity contribution < 1.29 is 9.18 Å². The molecule has 2 aromatic carbocycles. The predicted octanol–water partition coefficient (Wildman–Crippen LogP) is 5.06. The van der Waals surface area contributed by atoms with Crippen molar-refractivity contribution in [2.75, 3.05) is 5.32 Å². The fourth-order valence-electron chi connectivity index (χ4n) is 2.63. The number of carbonyl (C=O) groups excluding carboxylic acids is 1. The van der Waals surface area contributed by atoms with Gasteiger partial charge in [-0.15, -0.1) is 11.3 Å². The van der Waals surface area contributed by atoms with Gasteiger partial charge in [-0.25, -0.2) is 9.37 Å². The number of benzene rings is 2. The van der Waals surface area contributed by atoms with E-state index in [2.05, 4.69) is 10.3 Å². The number of rotatable bonds is 4. The summed E-state index contributed by atoms with van der Waals surface area (Å²) in [6, 6.07) is 12.5. The number of amides is 1. The number of carbonyl (C=O) groups is 1. The SMILES string of the molecule is Cc1ccc(-c2nc(C)sc2CC(=O)Nc2ccc(F)cc2C)cc1. The number of anilines is 1. The van der Waals surface area contributed by atoms with E-state index in [-0.39, 0.29) is 18.1 Å². The molecule has 5 heteroatoms. The van der Waals surface area contributed by atoms with Crippen molar-refractivity contribution in [3.05, 3.63) is 69.3 Å². The van der Waals surface area contributed by atoms with E-state index < -0.39 is 0 Å². The summed E-state index contributed by atoms with van der Waals surface area (Å²) in [7, 11) is 0. The first-order valence-electron chi connectivity index (χ1n) is 8.02. The van der Waals surface area contributed by atoms with Crippen LogP contribution in [0.2, 0.25) is 0 Å². The van der Waals surface area contributed by atoms with E-state index >= 15 is 0 Å². The Kier molecular flexibility index (Phi) is 4.95. The number of hydrogen-bond donors (Lipinski definition) is 1. The Bertz CT molecular complexity index is 916. The van der Waals surface area contributed by atoms with Gasteiger partial charge in [-0.2, -0.15) is 0 Å². The highest BCUT2D eigenvalue weighted by Crippen LogP contribution is 2.29. The molecule has 3 nitrogen and oxygen atoms in total. The van der Waals surface area contributed by atoms with Crippen LogP contribution in [-0.2, 0) is 11.2 Å². The molecule has 0 bridgehead atoms. The molecule has 0 aliphatic rings. The quantitative estimate of drug-likeness (QED) is 0.712. The number of nitrogens with one attached hydrogen (secondary N) is 1. The van der Waals surface area contributed by atoms with Gasteiger partial charge in [0.25, 0.3) is 0 Å². The molecule has 0 saturated carbocycles. The molecule has 25 heavy (non-hydrogen) atoms. The summed E-state index contributed by atoms with van der Waals surface area (Å²) < 4.78 is 13.2. The van der Waals surface area contributed by atoms with Crippen LogP contribution >= 0.6 is 11.3 Å². The third kappa shape index (κ3) is 4.12. The summed E-state index contributed by atoms with van der Waals surface area (Å²) in [6.07, 6.45) is 0.242. The molecule has 1 N–H and O–H groups in total. The molecule has 0 aliphatic heterocycles. The predicted molar refractivity (Wildman–Crippen MR) is 100 cm³/mol. The number of nitrogens with zero attached hydrogens (tertiary/aromatic N) is 1. The molecule has 1 aromatic heterocycles. The minimum atomic E-state index is -0.310. The van der Waals surface area contributed by atoms with Crippen molar-refractivity contribution in [1.82, 2.24) is 4.98 Å². The van der Waals surface area contributed by atoms with Gasteiger partial charge in [0.1, 0.15) is 5.82 Å². The Hall–Kier alpha value is -2.53. The average Bonchev–Trinajstić information content (AvgIpc) is 2.91. The molecule has 0 atom stereocenters. The van der Waals surface area contributed by atoms with E-state index in [4.69, 9.17) is 0 Å². The van der Waals surface area contributed by atoms with Crippen LogP contribution in [0.25, 0.3) is 11.3 Å². The molecule has 0 unspecified atom stereocenters. The maximum Gasteiger partial charge on any atom is 0.229 e. The van der Waals surface area contributed by atoms with Gasteiger partial charge in [-0.1, -0.05) is 29.8 Å². The van der Waals surface area contributed by atoms with Crippen LogP contribution in [0.4, 0.5) is 10.1 Å². The van der Waals surface area contributed by atoms with Crippen LogP contribution in [0.15, 0.2) is 42.5 Å². The summed E-state index contributed by atoms with van der Waals surface area (Å²) in [5, 5.41) is 3.78. The lowest BCUT2D eigenvalue weighted by Gasteiger charge is -2.08. The average molecular weight is 354 g/mol. The lowest BCUT2D eigenvalue weighted by Crippen LogP contribution is -2.15. The van der Waals surface area contributed by atoms with Gasteiger partial charge in [0.05, 0.1) is 17.1 Å². The minimum Gasteiger partial charge on any atom is -0.326 e. The summed E-state index contributed by atoms with van der Waals surface area (Å²) in [4.78, 5) is 18.0. The first kappa shape index (κ1) is 17.3. The fraction of sp³-hybridized carbons (Fsp3) is 0.200. The van der Waals surface area contributed by atoms with Crippen molar-refractivity contribution in [3.8, 4) is 11.3 Å². The van der Waals surface area contributed by atoms with Crippen LogP contribution in [0.5, 0.6) is 0 Å². The van der Waals surface area contributed by atoms with Gasteiger partial charge in [0, 0.05) is 16.1 Å². The summed E-state index contributed by atoms with van der Waals surface area (Å²) in [5.74, 6) is -0.443. The van der Waals surface area contributed by atoms with Crippen LogP contribution in [0, 0.1) is 26.6 Å². The smallest absolute Gasteiger partial charge is 0.229 e. The summed E-state index contributed by atoms with van der Waals surface area (Å²) in [5.41, 5.74) is 4.38. The Labute approximate surface area is 150 Å². The molecular weight excluding hydrogens is 335 g/mol. The van der Waals surface area contributed by atoms with Gasteiger partial charge < -0.3 is 5.32 Å². The molecule has 128 valence electrons. The van der Waals surface area contributed by atoms with Crippen LogP contribution in [0.1, 0.15) is 21.0 Å². The zero-order chi connectivity index (χ0) is 18.0. The van der Waals surface area contributed by atoms with E-state index in [1.807, 2.05) is 38.1 Å². The zero-order valence-corrected chi connectivity index (χ0v) is 15.2. The maximum absolute atomic E-state index is 13.2. The molecule has 0 aliphatic carbocycles. The number of aryl methyl sites for hydroxylation is 3. The van der Waals surface area contributed by atoms with Crippen molar-refractivity contribution in [3.63, 3.8) is 0 Å². The zero-order valence-electron chi connectivity index (χ0n) is 14.4. The highest BCUT2D eigenvalue weighted by Gasteiger charge is 2.15. The third-order valence-electron chi connectivity index (χ3n) is 3.91. The van der Waals surface area contributed by atoms with Gasteiger partial charge in [0.15, 0.2) is 0 Å². The van der Waals surface area contributed by atoms with E-state index in [1.54, 1.807) is 13.0 Å². The van der Waals surface area contributed by atoms with E-state index in [9.17, 15) is 9.18 Å². The lowest BCUT2D eigenvalue weighted by molar-refractivity contribution is -0.115. The highest BCUT2D eigenvalue weighted by atomic mass is 32.1. The first-order chi connectivity index (χ1) is 11.9. The molecule has 1 heterocycles. The standard InChI is InChI=1S/C20H19FN2OS/c1-12-4-6-15(7-5-12)20-18(25-14(3)22-20)11-19(24)23-17-9-8-16(21)10-13(17)2/h4-10H,11H2,1-3H3,(H,23,24). The minimum absolute atomic E-state index is 0.133. The summed E-state index contributed by atoms with van der Waals surface area (Å²) >= 11 is 1.53. The van der Waals surface area contributed by atoms with Crippen LogP contribution < -0.4 is 5.32 Å². The van der Waals surface area contributed by atoms with Crippen molar-refractivity contribution >= 4 is 22.9 Å². The van der Waals surface area contributed by atoms with Crippen LogP contribution in [0.3, 0.4) is 0 Å².